The Kier molecular flexibility index (Phi) is 3.54. The summed E-state index contributed by atoms with van der Waals surface area (Å²) in [5, 5.41) is 16.4. The van der Waals surface area contributed by atoms with Crippen LogP contribution in [0, 0.1) is 11.8 Å². The van der Waals surface area contributed by atoms with Gasteiger partial charge in [-0.1, -0.05) is 0 Å². The summed E-state index contributed by atoms with van der Waals surface area (Å²) in [4.78, 5) is 21.6. The average Bonchev–Trinajstić information content (AvgIpc) is 2.15. The van der Waals surface area contributed by atoms with Gasteiger partial charge < -0.3 is 10.2 Å². The minimum absolute atomic E-state index is 0.0282. The largest absolute Gasteiger partial charge is 0.481 e. The number of aliphatic carboxylic acids is 2. The summed E-state index contributed by atoms with van der Waals surface area (Å²) in [5.74, 6) is -4.95. The van der Waals surface area contributed by atoms with Gasteiger partial charge in [0.1, 0.15) is 0 Å². The van der Waals surface area contributed by atoms with E-state index < -0.39 is 39.1 Å². The molecule has 92 valence electrons. The number of rotatable bonds is 3. The van der Waals surface area contributed by atoms with Crippen LogP contribution in [0.2, 0.25) is 0 Å². The van der Waals surface area contributed by atoms with E-state index >= 15 is 0 Å². The molecule has 8 heteroatoms. The fraction of sp³-hybridized carbons (Fsp3) is 0.750. The monoisotopic (exact) mass is 252 g/mol. The summed E-state index contributed by atoms with van der Waals surface area (Å²) in [6, 6.07) is 0. The highest BCUT2D eigenvalue weighted by Crippen LogP contribution is 2.33. The molecule has 1 saturated carbocycles. The molecule has 1 aliphatic rings. The van der Waals surface area contributed by atoms with E-state index in [0.717, 1.165) is 0 Å². The zero-order valence-corrected chi connectivity index (χ0v) is 9.05. The molecule has 3 N–H and O–H groups in total. The molecule has 0 amide bonds. The molecule has 0 bridgehead atoms. The highest BCUT2D eigenvalue weighted by atomic mass is 32.2. The molecule has 0 aromatic carbocycles. The topological polar surface area (TPSA) is 129 Å². The van der Waals surface area contributed by atoms with Gasteiger partial charge in [-0.15, -0.1) is 0 Å². The van der Waals surface area contributed by atoms with E-state index in [1.165, 1.54) is 0 Å². The van der Waals surface area contributed by atoms with Crippen molar-refractivity contribution in [2.45, 2.75) is 24.5 Å². The third kappa shape index (κ3) is 2.70. The van der Waals surface area contributed by atoms with Crippen LogP contribution in [0.15, 0.2) is 0 Å². The lowest BCUT2D eigenvalue weighted by Gasteiger charge is -2.29. The molecular formula is C8H12O7S. The maximum atomic E-state index is 10.8. The van der Waals surface area contributed by atoms with Gasteiger partial charge in [0.25, 0.3) is 10.1 Å². The van der Waals surface area contributed by atoms with Crippen LogP contribution < -0.4 is 0 Å². The van der Waals surface area contributed by atoms with Crippen LogP contribution in [0.5, 0.6) is 0 Å². The van der Waals surface area contributed by atoms with Crippen LogP contribution in [0.25, 0.3) is 0 Å². The minimum atomic E-state index is -4.30. The maximum absolute atomic E-state index is 10.8. The molecule has 0 aromatic rings. The molecule has 3 unspecified atom stereocenters. The van der Waals surface area contributed by atoms with Gasteiger partial charge in [0, 0.05) is 0 Å². The van der Waals surface area contributed by atoms with Gasteiger partial charge in [0.2, 0.25) is 0 Å². The van der Waals surface area contributed by atoms with Crippen molar-refractivity contribution in [3.63, 3.8) is 0 Å². The van der Waals surface area contributed by atoms with Gasteiger partial charge in [-0.2, -0.15) is 8.42 Å². The molecule has 3 atom stereocenters. The van der Waals surface area contributed by atoms with Gasteiger partial charge in [0.15, 0.2) is 0 Å². The second-order valence-corrected chi connectivity index (χ2v) is 5.54. The van der Waals surface area contributed by atoms with E-state index in [1.807, 2.05) is 0 Å². The van der Waals surface area contributed by atoms with Gasteiger partial charge in [-0.05, 0) is 19.3 Å². The van der Waals surface area contributed by atoms with Crippen LogP contribution in [0.3, 0.4) is 0 Å². The van der Waals surface area contributed by atoms with Crippen molar-refractivity contribution in [3.8, 4) is 0 Å². The number of carbonyl (C=O) groups is 2. The number of carboxylic acids is 2. The third-order valence-electron chi connectivity index (χ3n) is 2.86. The standard InChI is InChI=1S/C8H12O7S/c9-7(10)5-2-1-4(16(13,14)15)3-6(5)8(11)12/h4-6H,1-3H2,(H,9,10)(H,11,12)(H,13,14,15). The molecule has 0 aliphatic heterocycles. The van der Waals surface area contributed by atoms with E-state index in [0.29, 0.717) is 0 Å². The minimum Gasteiger partial charge on any atom is -0.481 e. The Labute approximate surface area is 91.8 Å². The Morgan fingerprint density at radius 3 is 1.88 bits per heavy atom. The van der Waals surface area contributed by atoms with Gasteiger partial charge in [-0.25, -0.2) is 0 Å². The molecule has 7 nitrogen and oxygen atoms in total. The van der Waals surface area contributed by atoms with Crippen molar-refractivity contribution in [1.82, 2.24) is 0 Å². The number of carboxylic acid groups (broad SMARTS) is 2. The van der Waals surface area contributed by atoms with Gasteiger partial charge in [-0.3, -0.25) is 14.1 Å². The summed E-state index contributed by atoms with van der Waals surface area (Å²) in [6.07, 6.45) is -0.443. The summed E-state index contributed by atoms with van der Waals surface area (Å²) in [5.41, 5.74) is 0. The first-order valence-electron chi connectivity index (χ1n) is 4.65. The van der Waals surface area contributed by atoms with Gasteiger partial charge in [0.05, 0.1) is 17.1 Å². The smallest absolute Gasteiger partial charge is 0.307 e. The van der Waals surface area contributed by atoms with E-state index in [9.17, 15) is 18.0 Å². The van der Waals surface area contributed by atoms with Crippen molar-refractivity contribution >= 4 is 22.1 Å². The Bertz CT molecular complexity index is 399. The Morgan fingerprint density at radius 2 is 1.50 bits per heavy atom. The van der Waals surface area contributed by atoms with Crippen LogP contribution in [-0.4, -0.2) is 40.4 Å². The quantitative estimate of drug-likeness (QED) is 0.594. The van der Waals surface area contributed by atoms with Crippen molar-refractivity contribution in [2.75, 3.05) is 0 Å². The molecular weight excluding hydrogens is 240 g/mol. The van der Waals surface area contributed by atoms with Crippen molar-refractivity contribution in [3.05, 3.63) is 0 Å². The predicted octanol–water partition coefficient (Wildman–Crippen LogP) is -0.172. The summed E-state index contributed by atoms with van der Waals surface area (Å²) >= 11 is 0. The summed E-state index contributed by atoms with van der Waals surface area (Å²) in [7, 11) is -4.30. The van der Waals surface area contributed by atoms with E-state index in [4.69, 9.17) is 14.8 Å². The number of hydrogen-bond donors (Lipinski definition) is 3. The average molecular weight is 252 g/mol. The molecule has 1 rings (SSSR count). The fourth-order valence-electron chi connectivity index (χ4n) is 1.97. The first-order chi connectivity index (χ1) is 7.23. The Balaban J connectivity index is 2.89. The molecule has 1 aliphatic carbocycles. The third-order valence-corrected chi connectivity index (χ3v) is 4.13. The molecule has 0 aromatic heterocycles. The number of hydrogen-bond acceptors (Lipinski definition) is 4. The Hall–Kier alpha value is -1.15. The zero-order chi connectivity index (χ0) is 12.5. The van der Waals surface area contributed by atoms with Crippen molar-refractivity contribution in [2.24, 2.45) is 11.8 Å². The fourth-order valence-corrected chi connectivity index (χ4v) is 2.86. The molecule has 0 heterocycles. The SMILES string of the molecule is O=C(O)C1CCC(S(=O)(=O)O)CC1C(=O)O. The van der Waals surface area contributed by atoms with E-state index in [1.54, 1.807) is 0 Å². The van der Waals surface area contributed by atoms with Crippen LogP contribution in [-0.2, 0) is 19.7 Å². The van der Waals surface area contributed by atoms with Crippen LogP contribution >= 0.6 is 0 Å². The first kappa shape index (κ1) is 12.9. The van der Waals surface area contributed by atoms with Crippen LogP contribution in [0.4, 0.5) is 0 Å². The van der Waals surface area contributed by atoms with E-state index in [2.05, 4.69) is 0 Å². The summed E-state index contributed by atoms with van der Waals surface area (Å²) in [6.45, 7) is 0. The second kappa shape index (κ2) is 4.38. The maximum Gasteiger partial charge on any atom is 0.307 e. The normalized spacial score (nSPS) is 30.9. The second-order valence-electron chi connectivity index (χ2n) is 3.84. The first-order valence-corrected chi connectivity index (χ1v) is 6.15. The van der Waals surface area contributed by atoms with Gasteiger partial charge >= 0.3 is 11.9 Å². The lowest BCUT2D eigenvalue weighted by atomic mass is 9.79. The molecule has 0 spiro atoms. The highest BCUT2D eigenvalue weighted by molar-refractivity contribution is 7.86. The molecule has 0 saturated heterocycles. The molecule has 16 heavy (non-hydrogen) atoms. The molecule has 0 radical (unpaired) electrons. The predicted molar refractivity (Wildman–Crippen MR) is 51.4 cm³/mol. The highest BCUT2D eigenvalue weighted by Gasteiger charge is 2.42. The summed E-state index contributed by atoms with van der Waals surface area (Å²) < 4.78 is 30.5. The zero-order valence-electron chi connectivity index (χ0n) is 8.24. The lowest BCUT2D eigenvalue weighted by Crippen LogP contribution is -2.40. The lowest BCUT2D eigenvalue weighted by molar-refractivity contribution is -0.155. The molecule has 1 fully saturated rings. The van der Waals surface area contributed by atoms with Crippen molar-refractivity contribution in [1.29, 1.82) is 0 Å². The Morgan fingerprint density at radius 1 is 1.00 bits per heavy atom. The van der Waals surface area contributed by atoms with Crippen LogP contribution in [0.1, 0.15) is 19.3 Å². The van der Waals surface area contributed by atoms with Crippen molar-refractivity contribution < 1.29 is 32.8 Å². The van der Waals surface area contributed by atoms with E-state index in [-0.39, 0.29) is 19.3 Å².